The van der Waals surface area contributed by atoms with Crippen molar-refractivity contribution in [2.75, 3.05) is 11.9 Å². The summed E-state index contributed by atoms with van der Waals surface area (Å²) in [5, 5.41) is 14.3. The van der Waals surface area contributed by atoms with Crippen molar-refractivity contribution >= 4 is 23.3 Å². The highest BCUT2D eigenvalue weighted by Gasteiger charge is 2.15. The number of halogens is 3. The summed E-state index contributed by atoms with van der Waals surface area (Å²) in [6.07, 6.45) is -0.930. The highest BCUT2D eigenvalue weighted by molar-refractivity contribution is 6.30. The van der Waals surface area contributed by atoms with E-state index in [9.17, 15) is 18.7 Å². The van der Waals surface area contributed by atoms with Gasteiger partial charge in [-0.15, -0.1) is 0 Å². The number of carbonyl (C=O) groups is 1. The topological polar surface area (TPSA) is 61.4 Å². The Bertz CT molecular complexity index is 702. The van der Waals surface area contributed by atoms with Gasteiger partial charge in [-0.1, -0.05) is 41.4 Å². The summed E-state index contributed by atoms with van der Waals surface area (Å²) in [6, 6.07) is 8.11. The molecule has 0 aliphatic heterocycles. The molecule has 7 heteroatoms. The Morgan fingerprint density at radius 2 is 1.91 bits per heavy atom. The normalized spacial score (nSPS) is 11.9. The van der Waals surface area contributed by atoms with Crippen LogP contribution in [0.5, 0.6) is 0 Å². The van der Waals surface area contributed by atoms with Crippen molar-refractivity contribution < 1.29 is 18.7 Å². The van der Waals surface area contributed by atoms with Crippen LogP contribution in [-0.4, -0.2) is 17.7 Å². The third-order valence-electron chi connectivity index (χ3n) is 3.13. The summed E-state index contributed by atoms with van der Waals surface area (Å²) in [4.78, 5) is 11.7. The molecule has 0 aromatic heterocycles. The second-order valence-corrected chi connectivity index (χ2v) is 5.45. The molecule has 3 N–H and O–H groups in total. The van der Waals surface area contributed by atoms with Gasteiger partial charge in [0.1, 0.15) is 5.69 Å². The van der Waals surface area contributed by atoms with E-state index in [-0.39, 0.29) is 11.6 Å². The molecule has 122 valence electrons. The van der Waals surface area contributed by atoms with Crippen molar-refractivity contribution in [2.24, 2.45) is 0 Å². The molecule has 0 aliphatic carbocycles. The SMILES string of the molecule is Cc1cccc(C(O)CNC(=O)Nc2c(F)cc(Cl)cc2F)c1. The molecule has 4 nitrogen and oxygen atoms in total. The molecule has 0 saturated carbocycles. The van der Waals surface area contributed by atoms with E-state index in [0.717, 1.165) is 17.7 Å². The summed E-state index contributed by atoms with van der Waals surface area (Å²) in [5.74, 6) is -1.96. The maximum atomic E-state index is 13.6. The number of aliphatic hydroxyl groups excluding tert-OH is 1. The maximum absolute atomic E-state index is 13.6. The van der Waals surface area contributed by atoms with Gasteiger partial charge in [-0.3, -0.25) is 0 Å². The van der Waals surface area contributed by atoms with Crippen molar-refractivity contribution in [3.8, 4) is 0 Å². The highest BCUT2D eigenvalue weighted by Crippen LogP contribution is 2.23. The molecule has 0 aliphatic rings. The highest BCUT2D eigenvalue weighted by atomic mass is 35.5. The summed E-state index contributed by atoms with van der Waals surface area (Å²) in [5.41, 5.74) is 1.00. The molecule has 1 unspecified atom stereocenters. The quantitative estimate of drug-likeness (QED) is 0.793. The molecule has 2 aromatic carbocycles. The van der Waals surface area contributed by atoms with Crippen LogP contribution in [0, 0.1) is 18.6 Å². The average Bonchev–Trinajstić information content (AvgIpc) is 2.48. The zero-order valence-corrected chi connectivity index (χ0v) is 13.0. The molecule has 0 radical (unpaired) electrons. The average molecular weight is 341 g/mol. The molecule has 0 spiro atoms. The van der Waals surface area contributed by atoms with Gasteiger partial charge in [0, 0.05) is 11.6 Å². The maximum Gasteiger partial charge on any atom is 0.319 e. The molecule has 2 amide bonds. The Balaban J connectivity index is 1.95. The van der Waals surface area contributed by atoms with Gasteiger partial charge in [0.2, 0.25) is 0 Å². The molecule has 0 saturated heterocycles. The fourth-order valence-electron chi connectivity index (χ4n) is 2.00. The van der Waals surface area contributed by atoms with Crippen molar-refractivity contribution in [3.05, 3.63) is 64.2 Å². The van der Waals surface area contributed by atoms with Gasteiger partial charge < -0.3 is 15.7 Å². The van der Waals surface area contributed by atoms with Crippen LogP contribution in [0.25, 0.3) is 0 Å². The number of benzene rings is 2. The van der Waals surface area contributed by atoms with E-state index >= 15 is 0 Å². The number of nitrogens with one attached hydrogen (secondary N) is 2. The van der Waals surface area contributed by atoms with Gasteiger partial charge in [0.05, 0.1) is 6.10 Å². The first-order valence-electron chi connectivity index (χ1n) is 6.81. The molecule has 0 bridgehead atoms. The third-order valence-corrected chi connectivity index (χ3v) is 3.35. The number of anilines is 1. The lowest BCUT2D eigenvalue weighted by molar-refractivity contribution is 0.175. The predicted octanol–water partition coefficient (Wildman–Crippen LogP) is 3.78. The first-order valence-corrected chi connectivity index (χ1v) is 7.18. The van der Waals surface area contributed by atoms with E-state index in [1.54, 1.807) is 18.2 Å². The number of hydrogen-bond acceptors (Lipinski definition) is 2. The first-order chi connectivity index (χ1) is 10.9. The lowest BCUT2D eigenvalue weighted by Crippen LogP contribution is -2.33. The number of hydrogen-bond donors (Lipinski definition) is 3. The Labute approximate surface area is 137 Å². The van der Waals surface area contributed by atoms with Crippen LogP contribution in [0.15, 0.2) is 36.4 Å². The minimum Gasteiger partial charge on any atom is -0.387 e. The van der Waals surface area contributed by atoms with Crippen LogP contribution in [0.2, 0.25) is 5.02 Å². The number of carbonyl (C=O) groups excluding carboxylic acids is 1. The van der Waals surface area contributed by atoms with Crippen LogP contribution >= 0.6 is 11.6 Å². The van der Waals surface area contributed by atoms with Crippen molar-refractivity contribution in [1.29, 1.82) is 0 Å². The van der Waals surface area contributed by atoms with Gasteiger partial charge in [-0.25, -0.2) is 13.6 Å². The summed E-state index contributed by atoms with van der Waals surface area (Å²) < 4.78 is 27.1. The van der Waals surface area contributed by atoms with Crippen LogP contribution in [0.1, 0.15) is 17.2 Å². The van der Waals surface area contributed by atoms with Crippen LogP contribution in [0.3, 0.4) is 0 Å². The monoisotopic (exact) mass is 340 g/mol. The van der Waals surface area contributed by atoms with Crippen molar-refractivity contribution in [3.63, 3.8) is 0 Å². The van der Waals surface area contributed by atoms with E-state index in [1.165, 1.54) is 0 Å². The number of amides is 2. The second-order valence-electron chi connectivity index (χ2n) is 5.01. The number of rotatable bonds is 4. The lowest BCUT2D eigenvalue weighted by atomic mass is 10.1. The molecular formula is C16H15ClF2N2O2. The minimum absolute atomic E-state index is 0.105. The Morgan fingerprint density at radius 3 is 2.52 bits per heavy atom. The standard InChI is InChI=1S/C16H15ClF2N2O2/c1-9-3-2-4-10(5-9)14(22)8-20-16(23)21-15-12(18)6-11(17)7-13(15)19/h2-7,14,22H,8H2,1H3,(H2,20,21,23). The fraction of sp³-hybridized carbons (Fsp3) is 0.188. The molecule has 0 heterocycles. The number of urea groups is 1. The Hall–Kier alpha value is -2.18. The smallest absolute Gasteiger partial charge is 0.319 e. The molecule has 2 rings (SSSR count). The van der Waals surface area contributed by atoms with Gasteiger partial charge in [0.15, 0.2) is 11.6 Å². The van der Waals surface area contributed by atoms with Crippen molar-refractivity contribution in [2.45, 2.75) is 13.0 Å². The lowest BCUT2D eigenvalue weighted by Gasteiger charge is -2.14. The van der Waals surface area contributed by atoms with E-state index in [0.29, 0.717) is 5.56 Å². The van der Waals surface area contributed by atoms with Crippen LogP contribution in [-0.2, 0) is 0 Å². The Kier molecular flexibility index (Phi) is 5.52. The van der Waals surface area contributed by atoms with Gasteiger partial charge in [0.25, 0.3) is 0 Å². The summed E-state index contributed by atoms with van der Waals surface area (Å²) in [7, 11) is 0. The predicted molar refractivity (Wildman–Crippen MR) is 84.5 cm³/mol. The summed E-state index contributed by atoms with van der Waals surface area (Å²) in [6.45, 7) is 1.77. The van der Waals surface area contributed by atoms with Gasteiger partial charge in [-0.2, -0.15) is 0 Å². The molecule has 23 heavy (non-hydrogen) atoms. The fourth-order valence-corrected chi connectivity index (χ4v) is 2.20. The van der Waals surface area contributed by atoms with Crippen LogP contribution in [0.4, 0.5) is 19.3 Å². The van der Waals surface area contributed by atoms with Gasteiger partial charge in [-0.05, 0) is 24.6 Å². The first kappa shape index (κ1) is 17.2. The number of aliphatic hydroxyl groups is 1. The molecule has 2 aromatic rings. The Morgan fingerprint density at radius 1 is 1.26 bits per heavy atom. The van der Waals surface area contributed by atoms with E-state index < -0.39 is 29.5 Å². The summed E-state index contributed by atoms with van der Waals surface area (Å²) >= 11 is 5.50. The van der Waals surface area contributed by atoms with Crippen molar-refractivity contribution in [1.82, 2.24) is 5.32 Å². The van der Waals surface area contributed by atoms with E-state index in [1.807, 2.05) is 13.0 Å². The van der Waals surface area contributed by atoms with Gasteiger partial charge >= 0.3 is 6.03 Å². The van der Waals surface area contributed by atoms with Crippen LogP contribution < -0.4 is 10.6 Å². The molecule has 0 fully saturated rings. The zero-order chi connectivity index (χ0) is 17.0. The molecule has 1 atom stereocenters. The van der Waals surface area contributed by atoms with E-state index in [2.05, 4.69) is 10.6 Å². The second kappa shape index (κ2) is 7.39. The van der Waals surface area contributed by atoms with E-state index in [4.69, 9.17) is 11.6 Å². The molecular weight excluding hydrogens is 326 g/mol. The third kappa shape index (κ3) is 4.64. The number of aryl methyl sites for hydroxylation is 1. The minimum atomic E-state index is -0.982. The zero-order valence-electron chi connectivity index (χ0n) is 12.2. The largest absolute Gasteiger partial charge is 0.387 e.